The number of nitrogens with zero attached hydrogens (tertiary/aromatic N) is 3. The minimum Gasteiger partial charge on any atom is -0.391 e. The van der Waals surface area contributed by atoms with Crippen molar-refractivity contribution < 1.29 is 9.84 Å². The van der Waals surface area contributed by atoms with Crippen LogP contribution in [0.15, 0.2) is 24.3 Å². The Morgan fingerprint density at radius 1 is 1.12 bits per heavy atom. The monoisotopic (exact) mass is 327 g/mol. The van der Waals surface area contributed by atoms with Gasteiger partial charge < -0.3 is 14.4 Å². The van der Waals surface area contributed by atoms with Gasteiger partial charge in [-0.1, -0.05) is 12.1 Å². The highest BCUT2D eigenvalue weighted by molar-refractivity contribution is 5.76. The quantitative estimate of drug-likeness (QED) is 0.916. The number of benzene rings is 1. The van der Waals surface area contributed by atoms with Crippen molar-refractivity contribution >= 4 is 11.0 Å². The Hall–Kier alpha value is -1.43. The van der Waals surface area contributed by atoms with Crippen LogP contribution in [0.25, 0.3) is 11.0 Å². The van der Waals surface area contributed by atoms with E-state index in [1.807, 2.05) is 6.07 Å². The van der Waals surface area contributed by atoms with E-state index in [0.29, 0.717) is 17.9 Å². The second-order valence-electron chi connectivity index (χ2n) is 7.79. The second kappa shape index (κ2) is 5.55. The summed E-state index contributed by atoms with van der Waals surface area (Å²) >= 11 is 0. The first-order chi connectivity index (χ1) is 11.7. The molecule has 2 saturated heterocycles. The topological polar surface area (TPSA) is 50.5 Å². The molecule has 0 amide bonds. The van der Waals surface area contributed by atoms with Crippen LogP contribution in [-0.2, 0) is 4.74 Å². The lowest BCUT2D eigenvalue weighted by Crippen LogP contribution is -2.48. The van der Waals surface area contributed by atoms with Gasteiger partial charge in [0.15, 0.2) is 0 Å². The molecule has 0 unspecified atom stereocenters. The van der Waals surface area contributed by atoms with E-state index in [0.717, 1.165) is 56.0 Å². The molecule has 0 bridgehead atoms. The van der Waals surface area contributed by atoms with Crippen molar-refractivity contribution in [2.24, 2.45) is 11.8 Å². The molecule has 1 aromatic heterocycles. The molecule has 1 aliphatic carbocycles. The summed E-state index contributed by atoms with van der Waals surface area (Å²) < 4.78 is 7.65. The van der Waals surface area contributed by atoms with Crippen LogP contribution in [-0.4, -0.2) is 58.0 Å². The minimum absolute atomic E-state index is 0.149. The number of aliphatic hydroxyl groups excluding tert-OH is 1. The molecule has 128 valence electrons. The Morgan fingerprint density at radius 3 is 2.62 bits per heavy atom. The van der Waals surface area contributed by atoms with Crippen LogP contribution in [0.5, 0.6) is 0 Å². The maximum atomic E-state index is 10.9. The highest BCUT2D eigenvalue weighted by atomic mass is 16.5. The van der Waals surface area contributed by atoms with E-state index in [1.54, 1.807) is 0 Å². The van der Waals surface area contributed by atoms with Gasteiger partial charge in [-0.25, -0.2) is 4.98 Å². The Morgan fingerprint density at radius 2 is 1.88 bits per heavy atom. The highest BCUT2D eigenvalue weighted by Crippen LogP contribution is 2.43. The van der Waals surface area contributed by atoms with Gasteiger partial charge in [-0.3, -0.25) is 4.90 Å². The van der Waals surface area contributed by atoms with E-state index >= 15 is 0 Å². The van der Waals surface area contributed by atoms with Gasteiger partial charge in [-0.15, -0.1) is 0 Å². The van der Waals surface area contributed by atoms with Crippen molar-refractivity contribution in [3.63, 3.8) is 0 Å². The number of likely N-dealkylation sites (tertiary alicyclic amines) is 1. The van der Waals surface area contributed by atoms with E-state index in [1.165, 1.54) is 0 Å². The molecule has 5 nitrogen and oxygen atoms in total. The number of rotatable bonds is 2. The number of hydrogen-bond donors (Lipinski definition) is 1. The van der Waals surface area contributed by atoms with Crippen LogP contribution in [0.1, 0.15) is 24.7 Å². The molecular formula is C19H25N3O2. The van der Waals surface area contributed by atoms with Gasteiger partial charge in [0.25, 0.3) is 0 Å². The van der Waals surface area contributed by atoms with Crippen LogP contribution >= 0.6 is 0 Å². The highest BCUT2D eigenvalue weighted by Gasteiger charge is 2.45. The summed E-state index contributed by atoms with van der Waals surface area (Å²) in [6, 6.07) is 9.04. The largest absolute Gasteiger partial charge is 0.391 e. The maximum Gasteiger partial charge on any atom is 0.107 e. The Labute approximate surface area is 142 Å². The average Bonchev–Trinajstić information content (AvgIpc) is 3.04. The zero-order valence-electron chi connectivity index (χ0n) is 14.1. The van der Waals surface area contributed by atoms with Crippen LogP contribution in [0.3, 0.4) is 0 Å². The van der Waals surface area contributed by atoms with Crippen molar-refractivity contribution in [1.82, 2.24) is 14.5 Å². The number of imidazole rings is 1. The molecule has 4 atom stereocenters. The van der Waals surface area contributed by atoms with Crippen LogP contribution in [0.2, 0.25) is 0 Å². The second-order valence-corrected chi connectivity index (χ2v) is 7.79. The van der Waals surface area contributed by atoms with Gasteiger partial charge in [0.05, 0.1) is 42.4 Å². The van der Waals surface area contributed by atoms with Crippen molar-refractivity contribution in [3.8, 4) is 0 Å². The molecule has 5 rings (SSSR count). The molecule has 5 heteroatoms. The number of hydrogen-bond acceptors (Lipinski definition) is 4. The third-order valence-electron chi connectivity index (χ3n) is 6.38. The number of aryl methyl sites for hydroxylation is 1. The van der Waals surface area contributed by atoms with Crippen LogP contribution in [0, 0.1) is 18.8 Å². The molecule has 1 saturated carbocycles. The van der Waals surface area contributed by atoms with Gasteiger partial charge in [0.2, 0.25) is 0 Å². The van der Waals surface area contributed by atoms with Crippen molar-refractivity contribution in [1.29, 1.82) is 0 Å². The molecule has 3 fully saturated rings. The molecule has 2 aliphatic heterocycles. The Kier molecular flexibility index (Phi) is 3.44. The molecule has 24 heavy (non-hydrogen) atoms. The van der Waals surface area contributed by atoms with E-state index in [-0.39, 0.29) is 12.1 Å². The Balaban J connectivity index is 1.43. The summed E-state index contributed by atoms with van der Waals surface area (Å²) in [5, 5.41) is 10.9. The Bertz CT molecular complexity index is 754. The standard InChI is InChI=1S/C19H25N3O2/c1-12-20-16-4-2-3-5-17(16)22(12)18-6-13-8-21(15-10-24-11-15)9-14(13)7-19(18)23/h2-5,13-15,18-19,23H,6-11H2,1H3/t13-,14+,18-,19-/m0/s1. The SMILES string of the molecule is Cc1nc2ccccc2n1[C@H]1C[C@H]2CN(C3COC3)C[C@H]2C[C@@H]1O. The lowest BCUT2D eigenvalue weighted by Gasteiger charge is -2.36. The lowest BCUT2D eigenvalue weighted by atomic mass is 9.77. The first-order valence-corrected chi connectivity index (χ1v) is 9.14. The predicted octanol–water partition coefficient (Wildman–Crippen LogP) is 1.99. The summed E-state index contributed by atoms with van der Waals surface area (Å²) in [6.45, 7) is 6.12. The molecule has 0 spiro atoms. The molecule has 1 aromatic carbocycles. The first-order valence-electron chi connectivity index (χ1n) is 9.14. The van der Waals surface area contributed by atoms with E-state index in [2.05, 4.69) is 34.6 Å². The molecule has 1 N–H and O–H groups in total. The number of fused-ring (bicyclic) bond motifs is 2. The fraction of sp³-hybridized carbons (Fsp3) is 0.632. The van der Waals surface area contributed by atoms with Crippen molar-refractivity contribution in [2.75, 3.05) is 26.3 Å². The molecule has 2 aromatic rings. The normalized spacial score (nSPS) is 34.4. The van der Waals surface area contributed by atoms with E-state index in [9.17, 15) is 5.11 Å². The van der Waals surface area contributed by atoms with Gasteiger partial charge in [0, 0.05) is 13.1 Å². The van der Waals surface area contributed by atoms with Crippen LogP contribution < -0.4 is 0 Å². The fourth-order valence-electron chi connectivity index (χ4n) is 5.04. The van der Waals surface area contributed by atoms with Gasteiger partial charge in [0.1, 0.15) is 5.82 Å². The first kappa shape index (κ1) is 14.9. The zero-order chi connectivity index (χ0) is 16.3. The summed E-state index contributed by atoms with van der Waals surface area (Å²) in [7, 11) is 0. The minimum atomic E-state index is -0.278. The number of aliphatic hydroxyl groups is 1. The third-order valence-corrected chi connectivity index (χ3v) is 6.38. The molecule has 3 aliphatic rings. The predicted molar refractivity (Wildman–Crippen MR) is 91.9 cm³/mol. The zero-order valence-corrected chi connectivity index (χ0v) is 14.1. The maximum absolute atomic E-state index is 10.9. The molecular weight excluding hydrogens is 302 g/mol. The van der Waals surface area contributed by atoms with Gasteiger partial charge >= 0.3 is 0 Å². The third kappa shape index (κ3) is 2.22. The van der Waals surface area contributed by atoms with Crippen molar-refractivity contribution in [2.45, 2.75) is 38.0 Å². The van der Waals surface area contributed by atoms with E-state index in [4.69, 9.17) is 9.72 Å². The smallest absolute Gasteiger partial charge is 0.107 e. The lowest BCUT2D eigenvalue weighted by molar-refractivity contribution is -0.0588. The van der Waals surface area contributed by atoms with Gasteiger partial charge in [-0.05, 0) is 43.7 Å². The van der Waals surface area contributed by atoms with Crippen LogP contribution in [0.4, 0.5) is 0 Å². The summed E-state index contributed by atoms with van der Waals surface area (Å²) in [6.07, 6.45) is 1.68. The molecule has 3 heterocycles. The fourth-order valence-corrected chi connectivity index (χ4v) is 5.04. The molecule has 0 radical (unpaired) electrons. The van der Waals surface area contributed by atoms with Crippen molar-refractivity contribution in [3.05, 3.63) is 30.1 Å². The average molecular weight is 327 g/mol. The number of aromatic nitrogens is 2. The van der Waals surface area contributed by atoms with Gasteiger partial charge in [-0.2, -0.15) is 0 Å². The summed E-state index contributed by atoms with van der Waals surface area (Å²) in [5.74, 6) is 2.33. The summed E-state index contributed by atoms with van der Waals surface area (Å²) in [4.78, 5) is 7.29. The summed E-state index contributed by atoms with van der Waals surface area (Å²) in [5.41, 5.74) is 2.18. The number of ether oxygens (including phenoxy) is 1. The van der Waals surface area contributed by atoms with E-state index < -0.39 is 0 Å². The number of para-hydroxylation sites is 2.